The standard InChI is InChI=1S/C26H30N2O6/c1-5-34-22-11-10-18(16-28-25(31)19-8-6-7-9-20(19)26(28)32)14-21(22)24(30)27(15-17(2)3)13-12-23(29)33-4/h6-11,14,17H,5,12-13,15-16H2,1-4H3. The number of fused-ring (bicyclic) bond motifs is 1. The van der Waals surface area contributed by atoms with Gasteiger partial charge in [-0.2, -0.15) is 0 Å². The second-order valence-electron chi connectivity index (χ2n) is 8.48. The van der Waals surface area contributed by atoms with Gasteiger partial charge in [-0.1, -0.05) is 32.0 Å². The van der Waals surface area contributed by atoms with Gasteiger partial charge in [0.15, 0.2) is 0 Å². The number of methoxy groups -OCH3 is 1. The molecule has 8 nitrogen and oxygen atoms in total. The van der Waals surface area contributed by atoms with Crippen molar-refractivity contribution in [3.63, 3.8) is 0 Å². The monoisotopic (exact) mass is 466 g/mol. The number of nitrogens with zero attached hydrogens (tertiary/aromatic N) is 2. The Bertz CT molecular complexity index is 1060. The Hall–Kier alpha value is -3.68. The van der Waals surface area contributed by atoms with Crippen LogP contribution in [0.1, 0.15) is 63.8 Å². The molecule has 2 aromatic rings. The van der Waals surface area contributed by atoms with Gasteiger partial charge in [-0.25, -0.2) is 0 Å². The lowest BCUT2D eigenvalue weighted by Gasteiger charge is -2.25. The first-order valence-electron chi connectivity index (χ1n) is 11.3. The molecule has 2 aromatic carbocycles. The van der Waals surface area contributed by atoms with E-state index in [4.69, 9.17) is 9.47 Å². The average Bonchev–Trinajstić information content (AvgIpc) is 3.06. The van der Waals surface area contributed by atoms with E-state index in [2.05, 4.69) is 0 Å². The molecule has 0 atom stereocenters. The lowest BCUT2D eigenvalue weighted by molar-refractivity contribution is -0.140. The van der Waals surface area contributed by atoms with E-state index in [0.717, 1.165) is 0 Å². The van der Waals surface area contributed by atoms with Crippen LogP contribution in [0, 0.1) is 5.92 Å². The van der Waals surface area contributed by atoms with Gasteiger partial charge in [-0.3, -0.25) is 24.1 Å². The summed E-state index contributed by atoms with van der Waals surface area (Å²) in [5.74, 6) is -0.816. The Balaban J connectivity index is 1.89. The van der Waals surface area contributed by atoms with Crippen molar-refractivity contribution < 1.29 is 28.7 Å². The Kier molecular flexibility index (Phi) is 8.04. The van der Waals surface area contributed by atoms with Crippen molar-refractivity contribution in [2.45, 2.75) is 33.7 Å². The average molecular weight is 467 g/mol. The summed E-state index contributed by atoms with van der Waals surface area (Å²) in [4.78, 5) is 53.5. The third-order valence-electron chi connectivity index (χ3n) is 5.48. The predicted octanol–water partition coefficient (Wildman–Crippen LogP) is 3.54. The molecule has 0 fully saturated rings. The van der Waals surface area contributed by atoms with Crippen molar-refractivity contribution in [2.24, 2.45) is 5.92 Å². The molecule has 1 heterocycles. The van der Waals surface area contributed by atoms with Gasteiger partial charge < -0.3 is 14.4 Å². The fraction of sp³-hybridized carbons (Fsp3) is 0.385. The minimum atomic E-state index is -0.397. The number of carbonyl (C=O) groups is 4. The van der Waals surface area contributed by atoms with E-state index in [1.165, 1.54) is 12.0 Å². The van der Waals surface area contributed by atoms with Gasteiger partial charge in [0.2, 0.25) is 0 Å². The van der Waals surface area contributed by atoms with Gasteiger partial charge >= 0.3 is 5.97 Å². The number of rotatable bonds is 10. The van der Waals surface area contributed by atoms with Crippen LogP contribution in [0.3, 0.4) is 0 Å². The Morgan fingerprint density at radius 2 is 1.68 bits per heavy atom. The highest BCUT2D eigenvalue weighted by Crippen LogP contribution is 2.27. The Morgan fingerprint density at radius 3 is 2.24 bits per heavy atom. The van der Waals surface area contributed by atoms with Crippen LogP contribution in [0.4, 0.5) is 0 Å². The molecule has 0 aromatic heterocycles. The maximum Gasteiger partial charge on any atom is 0.307 e. The first-order chi connectivity index (χ1) is 16.3. The van der Waals surface area contributed by atoms with E-state index in [1.807, 2.05) is 20.8 Å². The van der Waals surface area contributed by atoms with Gasteiger partial charge in [-0.15, -0.1) is 0 Å². The number of benzene rings is 2. The summed E-state index contributed by atoms with van der Waals surface area (Å²) in [7, 11) is 1.31. The fourth-order valence-corrected chi connectivity index (χ4v) is 3.90. The Morgan fingerprint density at radius 1 is 1.03 bits per heavy atom. The zero-order chi connectivity index (χ0) is 24.8. The molecule has 1 aliphatic rings. The lowest BCUT2D eigenvalue weighted by Crippen LogP contribution is -2.36. The maximum absolute atomic E-state index is 13.5. The van der Waals surface area contributed by atoms with Crippen LogP contribution in [-0.4, -0.2) is 60.3 Å². The zero-order valence-corrected chi connectivity index (χ0v) is 20.0. The molecular weight excluding hydrogens is 436 g/mol. The lowest BCUT2D eigenvalue weighted by atomic mass is 10.1. The third kappa shape index (κ3) is 5.44. The molecule has 0 N–H and O–H groups in total. The van der Waals surface area contributed by atoms with Crippen molar-refractivity contribution in [1.29, 1.82) is 0 Å². The number of ether oxygens (including phenoxy) is 2. The van der Waals surface area contributed by atoms with Crippen LogP contribution in [-0.2, 0) is 16.1 Å². The van der Waals surface area contributed by atoms with Crippen LogP contribution in [0.5, 0.6) is 5.75 Å². The topological polar surface area (TPSA) is 93.2 Å². The smallest absolute Gasteiger partial charge is 0.307 e. The summed E-state index contributed by atoms with van der Waals surface area (Å²) in [6.07, 6.45) is 0.0770. The summed E-state index contributed by atoms with van der Waals surface area (Å²) in [5, 5.41) is 0. The summed E-state index contributed by atoms with van der Waals surface area (Å²) >= 11 is 0. The molecule has 34 heavy (non-hydrogen) atoms. The minimum absolute atomic E-state index is 0.0331. The maximum atomic E-state index is 13.5. The number of carbonyl (C=O) groups excluding carboxylic acids is 4. The molecule has 0 bridgehead atoms. The van der Waals surface area contributed by atoms with Gasteiger partial charge in [0.25, 0.3) is 17.7 Å². The van der Waals surface area contributed by atoms with E-state index < -0.39 is 5.97 Å². The largest absolute Gasteiger partial charge is 0.493 e. The number of imide groups is 1. The summed E-state index contributed by atoms with van der Waals surface area (Å²) in [6, 6.07) is 11.8. The fourth-order valence-electron chi connectivity index (χ4n) is 3.90. The second kappa shape index (κ2) is 11.0. The third-order valence-corrected chi connectivity index (χ3v) is 5.48. The molecule has 0 radical (unpaired) electrons. The van der Waals surface area contributed by atoms with Crippen LogP contribution in [0.25, 0.3) is 0 Å². The van der Waals surface area contributed by atoms with E-state index >= 15 is 0 Å². The molecule has 3 rings (SSSR count). The zero-order valence-electron chi connectivity index (χ0n) is 20.0. The minimum Gasteiger partial charge on any atom is -0.493 e. The van der Waals surface area contributed by atoms with Gasteiger partial charge in [0, 0.05) is 13.1 Å². The second-order valence-corrected chi connectivity index (χ2v) is 8.48. The van der Waals surface area contributed by atoms with Crippen LogP contribution in [0.15, 0.2) is 42.5 Å². The van der Waals surface area contributed by atoms with Crippen molar-refractivity contribution in [1.82, 2.24) is 9.80 Å². The Labute approximate surface area is 199 Å². The number of hydrogen-bond acceptors (Lipinski definition) is 6. The van der Waals surface area contributed by atoms with Gasteiger partial charge in [0.1, 0.15) is 5.75 Å². The van der Waals surface area contributed by atoms with Crippen molar-refractivity contribution in [3.8, 4) is 5.75 Å². The number of esters is 1. The SMILES string of the molecule is CCOc1ccc(CN2C(=O)c3ccccc3C2=O)cc1C(=O)N(CCC(=O)OC)CC(C)C. The van der Waals surface area contributed by atoms with Crippen LogP contribution < -0.4 is 4.74 Å². The first kappa shape index (κ1) is 25.0. The summed E-state index contributed by atoms with van der Waals surface area (Å²) in [5.41, 5.74) is 1.70. The molecule has 8 heteroatoms. The van der Waals surface area contributed by atoms with Crippen LogP contribution in [0.2, 0.25) is 0 Å². The van der Waals surface area contributed by atoms with Crippen molar-refractivity contribution in [3.05, 3.63) is 64.7 Å². The van der Waals surface area contributed by atoms with Gasteiger partial charge in [-0.05, 0) is 42.7 Å². The van der Waals surface area contributed by atoms with E-state index in [0.29, 0.717) is 41.2 Å². The molecular formula is C26H30N2O6. The quantitative estimate of drug-likeness (QED) is 0.393. The molecule has 0 spiro atoms. The number of amides is 3. The van der Waals surface area contributed by atoms with Crippen molar-refractivity contribution >= 4 is 23.7 Å². The highest BCUT2D eigenvalue weighted by atomic mass is 16.5. The molecule has 3 amide bonds. The summed E-state index contributed by atoms with van der Waals surface area (Å²) in [6.45, 7) is 6.85. The van der Waals surface area contributed by atoms with Gasteiger partial charge in [0.05, 0.1) is 43.4 Å². The predicted molar refractivity (Wildman–Crippen MR) is 126 cm³/mol. The highest BCUT2D eigenvalue weighted by molar-refractivity contribution is 6.21. The molecule has 0 saturated heterocycles. The molecule has 0 aliphatic carbocycles. The molecule has 0 unspecified atom stereocenters. The first-order valence-corrected chi connectivity index (χ1v) is 11.3. The van der Waals surface area contributed by atoms with E-state index in [9.17, 15) is 19.2 Å². The molecule has 180 valence electrons. The normalized spacial score (nSPS) is 12.7. The van der Waals surface area contributed by atoms with Crippen LogP contribution >= 0.6 is 0 Å². The molecule has 0 saturated carbocycles. The van der Waals surface area contributed by atoms with E-state index in [-0.39, 0.29) is 43.1 Å². The van der Waals surface area contributed by atoms with Crippen molar-refractivity contribution in [2.75, 3.05) is 26.8 Å². The number of hydrogen-bond donors (Lipinski definition) is 0. The van der Waals surface area contributed by atoms with E-state index in [1.54, 1.807) is 47.4 Å². The highest BCUT2D eigenvalue weighted by Gasteiger charge is 2.35. The molecule has 1 aliphatic heterocycles. The summed E-state index contributed by atoms with van der Waals surface area (Å²) < 4.78 is 10.4.